The molecule has 0 saturated heterocycles. The largest absolute Gasteiger partial charge is 0.0716 e. The number of rotatable bonds is 2. The Morgan fingerprint density at radius 2 is 1.91 bits per heavy atom. The number of hydrogen-bond acceptors (Lipinski definition) is 0. The predicted molar refractivity (Wildman–Crippen MR) is 50.0 cm³/mol. The third kappa shape index (κ3) is 1.86. The topological polar surface area (TPSA) is 0 Å². The van der Waals surface area contributed by atoms with E-state index in [4.69, 9.17) is 7.85 Å². The Hall–Kier alpha value is -0.715. The third-order valence-corrected chi connectivity index (χ3v) is 1.90. The molecule has 1 heteroatoms. The molecule has 0 bridgehead atoms. The Labute approximate surface area is 70.0 Å². The molecule has 2 radical (unpaired) electrons. The van der Waals surface area contributed by atoms with E-state index in [2.05, 4.69) is 32.0 Å². The minimum atomic E-state index is 0.578. The fraction of sp³-hybridized carbons (Fsp3) is 0.400. The van der Waals surface area contributed by atoms with Crippen LogP contribution in [0.2, 0.25) is 0 Å². The summed E-state index contributed by atoms with van der Waals surface area (Å²) in [6, 6.07) is 8.34. The van der Waals surface area contributed by atoms with E-state index in [1.54, 1.807) is 0 Å². The standard InChI is InChI=1S/C10H13B/c1-8(2)10-6-4-3-5-9(10)7-11/h3-6,8H,7H2,1-2H3. The molecule has 11 heavy (non-hydrogen) atoms. The van der Waals surface area contributed by atoms with Gasteiger partial charge in [-0.1, -0.05) is 50.0 Å². The Morgan fingerprint density at radius 3 is 2.36 bits per heavy atom. The first kappa shape index (κ1) is 8.38. The molecule has 0 spiro atoms. The average molecular weight is 144 g/mol. The summed E-state index contributed by atoms with van der Waals surface area (Å²) in [5.74, 6) is 0.578. The first-order valence-electron chi connectivity index (χ1n) is 4.03. The highest BCUT2D eigenvalue weighted by Gasteiger charge is 2.01. The lowest BCUT2D eigenvalue weighted by Crippen LogP contribution is -1.95. The minimum Gasteiger partial charge on any atom is -0.0640 e. The van der Waals surface area contributed by atoms with Gasteiger partial charge in [0.25, 0.3) is 0 Å². The number of hydrogen-bond donors (Lipinski definition) is 0. The van der Waals surface area contributed by atoms with E-state index in [1.807, 2.05) is 6.07 Å². The van der Waals surface area contributed by atoms with Crippen molar-refractivity contribution in [2.75, 3.05) is 0 Å². The minimum absolute atomic E-state index is 0.578. The molecule has 0 saturated carbocycles. The lowest BCUT2D eigenvalue weighted by Gasteiger charge is -2.10. The summed E-state index contributed by atoms with van der Waals surface area (Å²) in [6.07, 6.45) is 0.647. The van der Waals surface area contributed by atoms with E-state index >= 15 is 0 Å². The third-order valence-electron chi connectivity index (χ3n) is 1.90. The van der Waals surface area contributed by atoms with Gasteiger partial charge in [-0.05, 0) is 11.5 Å². The van der Waals surface area contributed by atoms with Crippen molar-refractivity contribution in [1.82, 2.24) is 0 Å². The van der Waals surface area contributed by atoms with Crippen molar-refractivity contribution in [3.05, 3.63) is 35.4 Å². The average Bonchev–Trinajstić information content (AvgIpc) is 2.04. The Balaban J connectivity index is 3.02. The lowest BCUT2D eigenvalue weighted by molar-refractivity contribution is 0.854. The lowest BCUT2D eigenvalue weighted by atomic mass is 9.88. The van der Waals surface area contributed by atoms with Crippen molar-refractivity contribution >= 4 is 7.85 Å². The summed E-state index contributed by atoms with van der Waals surface area (Å²) in [6.45, 7) is 4.38. The molecule has 0 aliphatic rings. The van der Waals surface area contributed by atoms with E-state index in [9.17, 15) is 0 Å². The highest BCUT2D eigenvalue weighted by atomic mass is 14.1. The quantitative estimate of drug-likeness (QED) is 0.559. The van der Waals surface area contributed by atoms with Crippen molar-refractivity contribution < 1.29 is 0 Å². The zero-order chi connectivity index (χ0) is 8.27. The molecule has 0 aliphatic heterocycles. The molecule has 0 fully saturated rings. The van der Waals surface area contributed by atoms with Gasteiger partial charge in [0, 0.05) is 0 Å². The Bertz CT molecular complexity index is 228. The van der Waals surface area contributed by atoms with Crippen LogP contribution in [-0.2, 0) is 6.32 Å². The molecule has 0 aliphatic carbocycles. The van der Waals surface area contributed by atoms with E-state index in [0.717, 1.165) is 0 Å². The molecule has 0 atom stereocenters. The first-order valence-corrected chi connectivity index (χ1v) is 4.03. The van der Waals surface area contributed by atoms with E-state index < -0.39 is 0 Å². The fourth-order valence-corrected chi connectivity index (χ4v) is 1.28. The van der Waals surface area contributed by atoms with Gasteiger partial charge in [0.15, 0.2) is 0 Å². The van der Waals surface area contributed by atoms with Gasteiger partial charge >= 0.3 is 0 Å². The molecule has 1 aromatic rings. The van der Waals surface area contributed by atoms with Crippen LogP contribution in [0.1, 0.15) is 30.9 Å². The molecule has 56 valence electrons. The SMILES string of the molecule is [B]Cc1ccccc1C(C)C. The van der Waals surface area contributed by atoms with Crippen molar-refractivity contribution in [3.8, 4) is 0 Å². The molecule has 0 amide bonds. The van der Waals surface area contributed by atoms with Gasteiger partial charge in [-0.2, -0.15) is 0 Å². The zero-order valence-corrected chi connectivity index (χ0v) is 7.17. The first-order chi connectivity index (χ1) is 5.25. The van der Waals surface area contributed by atoms with Gasteiger partial charge in [0.2, 0.25) is 0 Å². The number of benzene rings is 1. The maximum atomic E-state index is 5.59. The van der Waals surface area contributed by atoms with E-state index in [0.29, 0.717) is 12.2 Å². The summed E-state index contributed by atoms with van der Waals surface area (Å²) in [4.78, 5) is 0. The van der Waals surface area contributed by atoms with Crippen LogP contribution in [0.4, 0.5) is 0 Å². The van der Waals surface area contributed by atoms with Gasteiger partial charge in [0.1, 0.15) is 0 Å². The van der Waals surface area contributed by atoms with Crippen molar-refractivity contribution in [2.24, 2.45) is 0 Å². The Kier molecular flexibility index (Phi) is 2.75. The van der Waals surface area contributed by atoms with Gasteiger partial charge in [-0.3, -0.25) is 0 Å². The molecular weight excluding hydrogens is 131 g/mol. The van der Waals surface area contributed by atoms with Gasteiger partial charge in [-0.15, -0.1) is 0 Å². The summed E-state index contributed by atoms with van der Waals surface area (Å²) in [5.41, 5.74) is 2.64. The summed E-state index contributed by atoms with van der Waals surface area (Å²) >= 11 is 0. The van der Waals surface area contributed by atoms with Crippen molar-refractivity contribution in [3.63, 3.8) is 0 Å². The second-order valence-electron chi connectivity index (χ2n) is 3.06. The normalized spacial score (nSPS) is 10.5. The summed E-state index contributed by atoms with van der Waals surface area (Å²) < 4.78 is 0. The van der Waals surface area contributed by atoms with Crippen molar-refractivity contribution in [1.29, 1.82) is 0 Å². The van der Waals surface area contributed by atoms with Crippen LogP contribution in [0, 0.1) is 0 Å². The van der Waals surface area contributed by atoms with Gasteiger partial charge in [-0.25, -0.2) is 0 Å². The smallest absolute Gasteiger partial charge is 0.0640 e. The molecule has 1 rings (SSSR count). The maximum absolute atomic E-state index is 5.59. The fourth-order valence-electron chi connectivity index (χ4n) is 1.28. The highest BCUT2D eigenvalue weighted by molar-refractivity contribution is 6.08. The van der Waals surface area contributed by atoms with Crippen molar-refractivity contribution in [2.45, 2.75) is 26.1 Å². The Morgan fingerprint density at radius 1 is 1.27 bits per heavy atom. The van der Waals surface area contributed by atoms with Crippen LogP contribution in [0.15, 0.2) is 24.3 Å². The van der Waals surface area contributed by atoms with Gasteiger partial charge in [0.05, 0.1) is 7.85 Å². The highest BCUT2D eigenvalue weighted by Crippen LogP contribution is 2.18. The molecule has 1 aromatic carbocycles. The maximum Gasteiger partial charge on any atom is 0.0716 e. The van der Waals surface area contributed by atoms with E-state index in [1.165, 1.54) is 11.1 Å². The molecule has 0 unspecified atom stereocenters. The summed E-state index contributed by atoms with van der Waals surface area (Å²) in [5, 5.41) is 0. The van der Waals surface area contributed by atoms with Crippen LogP contribution >= 0.6 is 0 Å². The summed E-state index contributed by atoms with van der Waals surface area (Å²) in [7, 11) is 5.59. The van der Waals surface area contributed by atoms with Crippen LogP contribution < -0.4 is 0 Å². The van der Waals surface area contributed by atoms with Crippen LogP contribution in [0.3, 0.4) is 0 Å². The van der Waals surface area contributed by atoms with Crippen LogP contribution in [0.25, 0.3) is 0 Å². The molecule has 0 heterocycles. The second-order valence-corrected chi connectivity index (χ2v) is 3.06. The van der Waals surface area contributed by atoms with Crippen LogP contribution in [-0.4, -0.2) is 7.85 Å². The van der Waals surface area contributed by atoms with Gasteiger partial charge < -0.3 is 0 Å². The predicted octanol–water partition coefficient (Wildman–Crippen LogP) is 2.48. The zero-order valence-electron chi connectivity index (χ0n) is 7.17. The van der Waals surface area contributed by atoms with E-state index in [-0.39, 0.29) is 0 Å². The molecule has 0 N–H and O–H groups in total. The van der Waals surface area contributed by atoms with Crippen LogP contribution in [0.5, 0.6) is 0 Å². The second kappa shape index (κ2) is 3.61. The molecule has 0 nitrogen and oxygen atoms in total. The molecule has 0 aromatic heterocycles. The monoisotopic (exact) mass is 144 g/mol. The molecular formula is C10H13B.